The highest BCUT2D eigenvalue weighted by Gasteiger charge is 2.33. The molecule has 1 atom stereocenters. The maximum absolute atomic E-state index is 12.8. The van der Waals surface area contributed by atoms with Gasteiger partial charge in [0, 0.05) is 32.1 Å². The Bertz CT molecular complexity index is 649. The van der Waals surface area contributed by atoms with Crippen LogP contribution in [0.25, 0.3) is 0 Å². The molecule has 0 aliphatic carbocycles. The molecule has 25 heavy (non-hydrogen) atoms. The van der Waals surface area contributed by atoms with Gasteiger partial charge in [0.2, 0.25) is 11.8 Å². The summed E-state index contributed by atoms with van der Waals surface area (Å²) in [6.07, 6.45) is -2.14. The number of carbonyl (C=O) groups excluding carboxylic acids is 2. The van der Waals surface area contributed by atoms with Crippen molar-refractivity contribution in [1.82, 2.24) is 20.2 Å². The largest absolute Gasteiger partial charge is 0.433 e. The number of nitrogens with zero attached hydrogens (tertiary/aromatic N) is 3. The Morgan fingerprint density at radius 2 is 2.04 bits per heavy atom. The number of likely N-dealkylation sites (tertiary alicyclic amines) is 1. The molecule has 2 amide bonds. The van der Waals surface area contributed by atoms with Crippen LogP contribution in [0.2, 0.25) is 0 Å². The van der Waals surface area contributed by atoms with Crippen LogP contribution in [0.1, 0.15) is 43.4 Å². The van der Waals surface area contributed by atoms with Crippen molar-refractivity contribution >= 4 is 11.8 Å². The second kappa shape index (κ2) is 7.79. The number of hydrogen-bond donors (Lipinski definition) is 1. The summed E-state index contributed by atoms with van der Waals surface area (Å²) in [6.45, 7) is 3.54. The molecular formula is C16H21F3N4O2. The van der Waals surface area contributed by atoms with Crippen molar-refractivity contribution in [1.29, 1.82) is 0 Å². The molecule has 1 aliphatic rings. The molecule has 1 fully saturated rings. The molecule has 0 spiro atoms. The highest BCUT2D eigenvalue weighted by Crippen LogP contribution is 2.27. The molecule has 2 rings (SSSR count). The lowest BCUT2D eigenvalue weighted by Gasteiger charge is -2.33. The highest BCUT2D eigenvalue weighted by atomic mass is 19.4. The van der Waals surface area contributed by atoms with E-state index < -0.39 is 17.9 Å². The first kappa shape index (κ1) is 19.1. The third kappa shape index (κ3) is 5.14. The van der Waals surface area contributed by atoms with Gasteiger partial charge < -0.3 is 10.2 Å². The van der Waals surface area contributed by atoms with Crippen LogP contribution < -0.4 is 5.32 Å². The van der Waals surface area contributed by atoms with Gasteiger partial charge in [-0.05, 0) is 32.3 Å². The molecule has 0 saturated carbocycles. The number of hydrogen-bond acceptors (Lipinski definition) is 4. The first-order valence-electron chi connectivity index (χ1n) is 8.15. The van der Waals surface area contributed by atoms with Gasteiger partial charge in [-0.3, -0.25) is 9.59 Å². The molecule has 6 nitrogen and oxygen atoms in total. The molecule has 1 aromatic rings. The molecular weight excluding hydrogens is 337 g/mol. The van der Waals surface area contributed by atoms with E-state index in [1.54, 1.807) is 0 Å². The van der Waals surface area contributed by atoms with Crippen LogP contribution in [0.5, 0.6) is 0 Å². The molecule has 0 unspecified atom stereocenters. The van der Waals surface area contributed by atoms with Crippen LogP contribution in [-0.2, 0) is 22.2 Å². The fourth-order valence-electron chi connectivity index (χ4n) is 2.88. The quantitative estimate of drug-likeness (QED) is 0.892. The van der Waals surface area contributed by atoms with E-state index in [4.69, 9.17) is 0 Å². The van der Waals surface area contributed by atoms with Gasteiger partial charge in [0.15, 0.2) is 0 Å². The maximum atomic E-state index is 12.8. The average molecular weight is 358 g/mol. The number of carbonyl (C=O) groups is 2. The Kier molecular flexibility index (Phi) is 5.97. The summed E-state index contributed by atoms with van der Waals surface area (Å²) in [5, 5.41) is 2.67. The van der Waals surface area contributed by atoms with Crippen molar-refractivity contribution < 1.29 is 22.8 Å². The average Bonchev–Trinajstić information content (AvgIpc) is 2.53. The minimum absolute atomic E-state index is 0.0275. The topological polar surface area (TPSA) is 75.2 Å². The molecule has 138 valence electrons. The number of amides is 2. The van der Waals surface area contributed by atoms with E-state index in [-0.39, 0.29) is 36.3 Å². The van der Waals surface area contributed by atoms with Crippen molar-refractivity contribution in [2.45, 2.75) is 51.7 Å². The fourth-order valence-corrected chi connectivity index (χ4v) is 2.88. The number of rotatable bonds is 4. The summed E-state index contributed by atoms with van der Waals surface area (Å²) in [5.74, 6) is -0.421. The number of aryl methyl sites for hydroxylation is 1. The van der Waals surface area contributed by atoms with E-state index in [9.17, 15) is 22.8 Å². The lowest BCUT2D eigenvalue weighted by molar-refractivity contribution is -0.141. The third-order valence-corrected chi connectivity index (χ3v) is 4.05. The van der Waals surface area contributed by atoms with Gasteiger partial charge in [-0.1, -0.05) is 0 Å². The smallest absolute Gasteiger partial charge is 0.354 e. The second-order valence-electron chi connectivity index (χ2n) is 6.07. The van der Waals surface area contributed by atoms with Gasteiger partial charge in [-0.15, -0.1) is 0 Å². The van der Waals surface area contributed by atoms with E-state index >= 15 is 0 Å². The Hall–Kier alpha value is -2.19. The van der Waals surface area contributed by atoms with Crippen LogP contribution in [0.4, 0.5) is 13.2 Å². The van der Waals surface area contributed by atoms with Gasteiger partial charge in [0.05, 0.1) is 0 Å². The summed E-state index contributed by atoms with van der Waals surface area (Å²) in [6, 6.07) is 0.366. The Labute approximate surface area is 143 Å². The predicted molar refractivity (Wildman–Crippen MR) is 83.5 cm³/mol. The number of halogens is 3. The molecule has 1 aromatic heterocycles. The normalized spacial score (nSPS) is 18.1. The number of nitrogens with one attached hydrogen (secondary N) is 1. The van der Waals surface area contributed by atoms with E-state index in [1.165, 1.54) is 18.7 Å². The fraction of sp³-hybridized carbons (Fsp3) is 0.625. The van der Waals surface area contributed by atoms with E-state index in [1.807, 2.05) is 0 Å². The summed E-state index contributed by atoms with van der Waals surface area (Å²) in [4.78, 5) is 32.9. The second-order valence-corrected chi connectivity index (χ2v) is 6.07. The summed E-state index contributed by atoms with van der Waals surface area (Å²) >= 11 is 0. The summed E-state index contributed by atoms with van der Waals surface area (Å²) in [7, 11) is 0. The Morgan fingerprint density at radius 3 is 2.68 bits per heavy atom. The standard InChI is InChI=1S/C16H21F3N4O2/c1-10-9-13(16(17,18)19)22-14(21-10)6-7-20-15(25)12-5-3-4-8-23(12)11(2)24/h9,12H,3-8H2,1-2H3,(H,20,25)/t12-/m0/s1. The maximum Gasteiger partial charge on any atom is 0.433 e. The first-order valence-corrected chi connectivity index (χ1v) is 8.15. The van der Waals surface area contributed by atoms with E-state index in [0.717, 1.165) is 18.9 Å². The molecule has 1 aliphatic heterocycles. The molecule has 9 heteroatoms. The van der Waals surface area contributed by atoms with Crippen LogP contribution in [0.3, 0.4) is 0 Å². The molecule has 0 aromatic carbocycles. The van der Waals surface area contributed by atoms with Crippen molar-refractivity contribution in [3.8, 4) is 0 Å². The number of piperidine rings is 1. The Morgan fingerprint density at radius 1 is 1.32 bits per heavy atom. The molecule has 2 heterocycles. The van der Waals surface area contributed by atoms with Crippen molar-refractivity contribution in [3.05, 3.63) is 23.3 Å². The summed E-state index contributed by atoms with van der Waals surface area (Å²) < 4.78 is 38.3. The lowest BCUT2D eigenvalue weighted by atomic mass is 10.0. The van der Waals surface area contributed by atoms with Crippen LogP contribution >= 0.6 is 0 Å². The lowest BCUT2D eigenvalue weighted by Crippen LogP contribution is -2.51. The Balaban J connectivity index is 1.95. The van der Waals surface area contributed by atoms with Crippen molar-refractivity contribution in [3.63, 3.8) is 0 Å². The van der Waals surface area contributed by atoms with E-state index in [2.05, 4.69) is 15.3 Å². The van der Waals surface area contributed by atoms with Crippen molar-refractivity contribution in [2.24, 2.45) is 0 Å². The van der Waals surface area contributed by atoms with Gasteiger partial charge in [0.25, 0.3) is 0 Å². The number of alkyl halides is 3. The first-order chi connectivity index (χ1) is 11.7. The van der Waals surface area contributed by atoms with E-state index in [0.29, 0.717) is 13.0 Å². The zero-order valence-corrected chi connectivity index (χ0v) is 14.2. The molecule has 1 saturated heterocycles. The third-order valence-electron chi connectivity index (χ3n) is 4.05. The minimum Gasteiger partial charge on any atom is -0.354 e. The van der Waals surface area contributed by atoms with Gasteiger partial charge in [0.1, 0.15) is 17.6 Å². The molecule has 0 bridgehead atoms. The van der Waals surface area contributed by atoms with Crippen molar-refractivity contribution in [2.75, 3.05) is 13.1 Å². The van der Waals surface area contributed by atoms with Crippen LogP contribution in [0, 0.1) is 6.92 Å². The minimum atomic E-state index is -4.53. The SMILES string of the molecule is CC(=O)N1CCCC[C@H]1C(=O)NCCc1nc(C)cc(C(F)(F)F)n1. The highest BCUT2D eigenvalue weighted by molar-refractivity contribution is 5.87. The van der Waals surface area contributed by atoms with Crippen LogP contribution in [-0.4, -0.2) is 45.8 Å². The van der Waals surface area contributed by atoms with Crippen LogP contribution in [0.15, 0.2) is 6.07 Å². The van der Waals surface area contributed by atoms with Gasteiger partial charge in [-0.25, -0.2) is 9.97 Å². The number of aromatic nitrogens is 2. The molecule has 0 radical (unpaired) electrons. The zero-order chi connectivity index (χ0) is 18.6. The summed E-state index contributed by atoms with van der Waals surface area (Å²) in [5.41, 5.74) is -0.768. The van der Waals surface area contributed by atoms with Gasteiger partial charge >= 0.3 is 6.18 Å². The monoisotopic (exact) mass is 358 g/mol. The van der Waals surface area contributed by atoms with Gasteiger partial charge in [-0.2, -0.15) is 13.2 Å². The molecule has 1 N–H and O–H groups in total. The zero-order valence-electron chi connectivity index (χ0n) is 14.2. The predicted octanol–water partition coefficient (Wildman–Crippen LogP) is 1.86.